The topological polar surface area (TPSA) is 71.6 Å². The van der Waals surface area contributed by atoms with Crippen LogP contribution in [0.1, 0.15) is 21.8 Å². The Balaban J connectivity index is 1.67. The lowest BCUT2D eigenvalue weighted by Crippen LogP contribution is -2.08. The second-order valence-corrected chi connectivity index (χ2v) is 6.98. The number of nitrogens with zero attached hydrogens (tertiary/aromatic N) is 2. The largest absolute Gasteiger partial charge is 0.366 e. The molecule has 118 valence electrons. The van der Waals surface area contributed by atoms with Crippen molar-refractivity contribution in [3.05, 3.63) is 69.0 Å². The SMILES string of the molecule is N#C[C@@H](Nc1ccc(N[C@H](C#N)c2cccs2)cc1)c1cccs1. The predicted molar refractivity (Wildman–Crippen MR) is 99.0 cm³/mol. The van der Waals surface area contributed by atoms with E-state index in [0.29, 0.717) is 0 Å². The van der Waals surface area contributed by atoms with Gasteiger partial charge in [-0.25, -0.2) is 0 Å². The summed E-state index contributed by atoms with van der Waals surface area (Å²) < 4.78 is 0. The van der Waals surface area contributed by atoms with Gasteiger partial charge in [-0.15, -0.1) is 22.7 Å². The minimum Gasteiger partial charge on any atom is -0.366 e. The van der Waals surface area contributed by atoms with E-state index in [0.717, 1.165) is 21.1 Å². The molecule has 0 radical (unpaired) electrons. The molecule has 24 heavy (non-hydrogen) atoms. The molecule has 0 spiro atoms. The summed E-state index contributed by atoms with van der Waals surface area (Å²) in [6.07, 6.45) is 0. The van der Waals surface area contributed by atoms with Gasteiger partial charge < -0.3 is 10.6 Å². The normalized spacial score (nSPS) is 12.6. The van der Waals surface area contributed by atoms with E-state index in [2.05, 4.69) is 22.8 Å². The van der Waals surface area contributed by atoms with Crippen LogP contribution < -0.4 is 10.6 Å². The summed E-state index contributed by atoms with van der Waals surface area (Å²) in [4.78, 5) is 1.98. The van der Waals surface area contributed by atoms with Crippen molar-refractivity contribution in [1.29, 1.82) is 10.5 Å². The smallest absolute Gasteiger partial charge is 0.149 e. The van der Waals surface area contributed by atoms with Crippen LogP contribution in [0, 0.1) is 22.7 Å². The van der Waals surface area contributed by atoms with Crippen LogP contribution in [0.2, 0.25) is 0 Å². The molecule has 0 aliphatic heterocycles. The molecular weight excluding hydrogens is 336 g/mol. The molecule has 2 atom stereocenters. The van der Waals surface area contributed by atoms with Gasteiger partial charge >= 0.3 is 0 Å². The van der Waals surface area contributed by atoms with Gasteiger partial charge in [0.15, 0.2) is 0 Å². The van der Waals surface area contributed by atoms with Gasteiger partial charge in [0.1, 0.15) is 12.1 Å². The Hall–Kier alpha value is -2.80. The highest BCUT2D eigenvalue weighted by atomic mass is 32.1. The quantitative estimate of drug-likeness (QED) is 0.644. The minimum absolute atomic E-state index is 0.359. The molecule has 0 aliphatic carbocycles. The molecular formula is C18H14N4S2. The van der Waals surface area contributed by atoms with E-state index >= 15 is 0 Å². The van der Waals surface area contributed by atoms with Gasteiger partial charge in [0.25, 0.3) is 0 Å². The number of benzene rings is 1. The number of nitrogens with one attached hydrogen (secondary N) is 2. The first-order valence-corrected chi connectivity index (χ1v) is 9.05. The monoisotopic (exact) mass is 350 g/mol. The Labute approximate surface area is 148 Å². The van der Waals surface area contributed by atoms with Crippen LogP contribution in [0.15, 0.2) is 59.3 Å². The van der Waals surface area contributed by atoms with Crippen molar-refractivity contribution in [3.63, 3.8) is 0 Å². The first-order valence-electron chi connectivity index (χ1n) is 7.29. The fourth-order valence-electron chi connectivity index (χ4n) is 2.24. The van der Waals surface area contributed by atoms with Crippen molar-refractivity contribution in [2.45, 2.75) is 12.1 Å². The van der Waals surface area contributed by atoms with Crippen molar-refractivity contribution in [2.75, 3.05) is 10.6 Å². The van der Waals surface area contributed by atoms with Crippen molar-refractivity contribution in [3.8, 4) is 12.1 Å². The lowest BCUT2D eigenvalue weighted by molar-refractivity contribution is 1.02. The molecule has 4 nitrogen and oxygen atoms in total. The van der Waals surface area contributed by atoms with Gasteiger partial charge in [-0.05, 0) is 47.2 Å². The predicted octanol–water partition coefficient (Wildman–Crippen LogP) is 5.16. The number of rotatable bonds is 6. The molecule has 0 unspecified atom stereocenters. The van der Waals surface area contributed by atoms with E-state index in [4.69, 9.17) is 0 Å². The van der Waals surface area contributed by atoms with Gasteiger partial charge in [-0.3, -0.25) is 0 Å². The van der Waals surface area contributed by atoms with Crippen LogP contribution in [0.3, 0.4) is 0 Å². The highest BCUT2D eigenvalue weighted by molar-refractivity contribution is 7.10. The number of hydrogen-bond donors (Lipinski definition) is 2. The Morgan fingerprint density at radius 3 is 1.42 bits per heavy atom. The zero-order valence-corrected chi connectivity index (χ0v) is 14.3. The summed E-state index contributed by atoms with van der Waals surface area (Å²) >= 11 is 3.11. The van der Waals surface area contributed by atoms with Crippen molar-refractivity contribution >= 4 is 34.0 Å². The summed E-state index contributed by atoms with van der Waals surface area (Å²) in [5.74, 6) is 0. The number of hydrogen-bond acceptors (Lipinski definition) is 6. The maximum Gasteiger partial charge on any atom is 0.149 e. The average Bonchev–Trinajstić information content (AvgIpc) is 3.32. The molecule has 0 saturated heterocycles. The van der Waals surface area contributed by atoms with Crippen LogP contribution in [0.25, 0.3) is 0 Å². The second-order valence-electron chi connectivity index (χ2n) is 5.02. The maximum atomic E-state index is 9.32. The van der Waals surface area contributed by atoms with Crippen molar-refractivity contribution in [1.82, 2.24) is 0 Å². The van der Waals surface area contributed by atoms with Crippen LogP contribution in [0.5, 0.6) is 0 Å². The zero-order valence-electron chi connectivity index (χ0n) is 12.6. The van der Waals surface area contributed by atoms with Crippen molar-refractivity contribution < 1.29 is 0 Å². The van der Waals surface area contributed by atoms with E-state index in [1.54, 1.807) is 22.7 Å². The molecule has 2 heterocycles. The number of anilines is 2. The lowest BCUT2D eigenvalue weighted by atomic mass is 10.2. The highest BCUT2D eigenvalue weighted by Crippen LogP contribution is 2.26. The second kappa shape index (κ2) is 7.65. The molecule has 6 heteroatoms. The molecule has 3 aromatic rings. The molecule has 2 aromatic heterocycles. The standard InChI is InChI=1S/C18H14N4S2/c19-11-15(17-3-1-9-23-17)21-13-5-7-14(8-6-13)22-16(12-20)18-4-2-10-24-18/h1-10,15-16,21-22H/t15-,16-/m1/s1. The molecule has 0 saturated carbocycles. The number of thiophene rings is 2. The third kappa shape index (κ3) is 3.75. The third-order valence-corrected chi connectivity index (χ3v) is 5.29. The summed E-state index contributed by atoms with van der Waals surface area (Å²) in [5, 5.41) is 29.0. The zero-order chi connectivity index (χ0) is 16.8. The Morgan fingerprint density at radius 1 is 0.708 bits per heavy atom. The van der Waals surface area contributed by atoms with E-state index in [1.165, 1.54) is 0 Å². The highest BCUT2D eigenvalue weighted by Gasteiger charge is 2.13. The summed E-state index contributed by atoms with van der Waals surface area (Å²) in [5.41, 5.74) is 1.73. The minimum atomic E-state index is -0.359. The summed E-state index contributed by atoms with van der Waals surface area (Å²) in [7, 11) is 0. The molecule has 2 N–H and O–H groups in total. The Kier molecular flexibility index (Phi) is 5.12. The van der Waals surface area contributed by atoms with Crippen molar-refractivity contribution in [2.24, 2.45) is 0 Å². The first kappa shape index (κ1) is 16.1. The van der Waals surface area contributed by atoms with E-state index in [1.807, 2.05) is 59.3 Å². The van der Waals surface area contributed by atoms with Crippen LogP contribution in [-0.2, 0) is 0 Å². The van der Waals surface area contributed by atoms with Gasteiger partial charge in [0.05, 0.1) is 12.1 Å². The molecule has 0 amide bonds. The number of nitriles is 2. The average molecular weight is 350 g/mol. The fraction of sp³-hybridized carbons (Fsp3) is 0.111. The van der Waals surface area contributed by atoms with Crippen LogP contribution in [0.4, 0.5) is 11.4 Å². The molecule has 1 aromatic carbocycles. The summed E-state index contributed by atoms with van der Waals surface area (Å²) in [6.45, 7) is 0. The van der Waals surface area contributed by atoms with Crippen LogP contribution in [-0.4, -0.2) is 0 Å². The molecule has 0 bridgehead atoms. The van der Waals surface area contributed by atoms with E-state index in [9.17, 15) is 10.5 Å². The Morgan fingerprint density at radius 2 is 1.12 bits per heavy atom. The first-order chi connectivity index (χ1) is 11.8. The lowest BCUT2D eigenvalue weighted by Gasteiger charge is -2.14. The molecule has 3 rings (SSSR count). The van der Waals surface area contributed by atoms with Crippen LogP contribution >= 0.6 is 22.7 Å². The Bertz CT molecular complexity index is 767. The fourth-order valence-corrected chi connectivity index (χ4v) is 3.68. The van der Waals surface area contributed by atoms with Gasteiger partial charge in [0.2, 0.25) is 0 Å². The van der Waals surface area contributed by atoms with Gasteiger partial charge in [-0.1, -0.05) is 12.1 Å². The van der Waals surface area contributed by atoms with E-state index < -0.39 is 0 Å². The van der Waals surface area contributed by atoms with Gasteiger partial charge in [-0.2, -0.15) is 10.5 Å². The van der Waals surface area contributed by atoms with Gasteiger partial charge in [0, 0.05) is 21.1 Å². The molecule has 0 aliphatic rings. The summed E-state index contributed by atoms with van der Waals surface area (Å²) in [6, 6.07) is 19.2. The molecule has 0 fully saturated rings. The maximum absolute atomic E-state index is 9.32. The third-order valence-electron chi connectivity index (χ3n) is 3.42. The van der Waals surface area contributed by atoms with E-state index in [-0.39, 0.29) is 12.1 Å².